The predicted octanol–water partition coefficient (Wildman–Crippen LogP) is 5.07. The molecule has 0 aliphatic rings. The molecule has 0 radical (unpaired) electrons. The van der Waals surface area contributed by atoms with E-state index in [9.17, 15) is 4.79 Å². The highest BCUT2D eigenvalue weighted by atomic mass is 16.5. The summed E-state index contributed by atoms with van der Waals surface area (Å²) < 4.78 is 5.82. The third kappa shape index (κ3) is 4.12. The third-order valence-corrected chi connectivity index (χ3v) is 4.21. The van der Waals surface area contributed by atoms with Crippen molar-refractivity contribution in [3.63, 3.8) is 0 Å². The van der Waals surface area contributed by atoms with Crippen LogP contribution in [0, 0.1) is 0 Å². The van der Waals surface area contributed by atoms with Gasteiger partial charge in [-0.1, -0.05) is 42.5 Å². The van der Waals surface area contributed by atoms with Gasteiger partial charge in [0.05, 0.1) is 5.52 Å². The summed E-state index contributed by atoms with van der Waals surface area (Å²) in [6.07, 6.45) is 1.74. The van der Waals surface area contributed by atoms with Crippen LogP contribution < -0.4 is 10.1 Å². The van der Waals surface area contributed by atoms with Crippen molar-refractivity contribution in [3.05, 3.63) is 102 Å². The van der Waals surface area contributed by atoms with Crippen molar-refractivity contribution in [2.24, 2.45) is 0 Å². The molecule has 4 heteroatoms. The second-order valence-electron chi connectivity index (χ2n) is 6.17. The molecule has 4 aromatic rings. The third-order valence-electron chi connectivity index (χ3n) is 4.21. The van der Waals surface area contributed by atoms with Crippen LogP contribution in [0.3, 0.4) is 0 Å². The molecule has 4 nitrogen and oxygen atoms in total. The fraction of sp³-hybridized carbons (Fsp3) is 0.0435. The maximum absolute atomic E-state index is 12.6. The molecular weight excluding hydrogens is 336 g/mol. The minimum Gasteiger partial charge on any atom is -0.489 e. The van der Waals surface area contributed by atoms with Crippen LogP contribution in [0.2, 0.25) is 0 Å². The van der Waals surface area contributed by atoms with Gasteiger partial charge in [-0.15, -0.1) is 0 Å². The van der Waals surface area contributed by atoms with Gasteiger partial charge in [-0.2, -0.15) is 0 Å². The molecule has 1 N–H and O–H groups in total. The highest BCUT2D eigenvalue weighted by Gasteiger charge is 2.08. The lowest BCUT2D eigenvalue weighted by Crippen LogP contribution is -2.11. The van der Waals surface area contributed by atoms with Gasteiger partial charge in [-0.05, 0) is 42.0 Å². The normalized spacial score (nSPS) is 10.5. The number of hydrogen-bond donors (Lipinski definition) is 1. The second-order valence-corrected chi connectivity index (χ2v) is 6.17. The van der Waals surface area contributed by atoms with E-state index in [4.69, 9.17) is 4.74 Å². The summed E-state index contributed by atoms with van der Waals surface area (Å²) >= 11 is 0. The molecule has 0 bridgehead atoms. The number of nitrogens with zero attached hydrogens (tertiary/aromatic N) is 1. The van der Waals surface area contributed by atoms with Gasteiger partial charge >= 0.3 is 0 Å². The molecule has 0 spiro atoms. The monoisotopic (exact) mass is 354 g/mol. The summed E-state index contributed by atoms with van der Waals surface area (Å²) in [7, 11) is 0. The van der Waals surface area contributed by atoms with E-state index in [0.29, 0.717) is 23.6 Å². The Hall–Kier alpha value is -3.66. The number of amides is 1. The molecular formula is C23H18N2O2. The number of rotatable bonds is 5. The number of nitrogens with one attached hydrogen (secondary N) is 1. The molecule has 4 rings (SSSR count). The Balaban J connectivity index is 1.46. The number of benzene rings is 3. The van der Waals surface area contributed by atoms with Gasteiger partial charge in [0.2, 0.25) is 0 Å². The first-order valence-corrected chi connectivity index (χ1v) is 8.71. The molecule has 0 saturated heterocycles. The zero-order valence-electron chi connectivity index (χ0n) is 14.6. The predicted molar refractivity (Wildman–Crippen MR) is 107 cm³/mol. The largest absolute Gasteiger partial charge is 0.489 e. The lowest BCUT2D eigenvalue weighted by molar-refractivity contribution is 0.102. The van der Waals surface area contributed by atoms with Gasteiger partial charge in [0, 0.05) is 28.9 Å². The lowest BCUT2D eigenvalue weighted by atomic mass is 10.1. The summed E-state index contributed by atoms with van der Waals surface area (Å²) in [6.45, 7) is 0.482. The van der Waals surface area contributed by atoms with E-state index in [1.807, 2.05) is 78.9 Å². The molecule has 1 heterocycles. The van der Waals surface area contributed by atoms with E-state index < -0.39 is 0 Å². The number of fused-ring (bicyclic) bond motifs is 1. The molecule has 3 aromatic carbocycles. The quantitative estimate of drug-likeness (QED) is 0.545. The van der Waals surface area contributed by atoms with Gasteiger partial charge in [0.1, 0.15) is 12.4 Å². The van der Waals surface area contributed by atoms with Gasteiger partial charge in [0.15, 0.2) is 0 Å². The highest BCUT2D eigenvalue weighted by molar-refractivity contribution is 6.06. The van der Waals surface area contributed by atoms with Crippen molar-refractivity contribution in [2.75, 3.05) is 5.32 Å². The topological polar surface area (TPSA) is 51.2 Å². The average Bonchev–Trinajstić information content (AvgIpc) is 2.73. The van der Waals surface area contributed by atoms with Crippen molar-refractivity contribution < 1.29 is 9.53 Å². The van der Waals surface area contributed by atoms with Crippen molar-refractivity contribution >= 4 is 22.5 Å². The van der Waals surface area contributed by atoms with E-state index in [1.165, 1.54) is 0 Å². The van der Waals surface area contributed by atoms with Crippen LogP contribution in [0.5, 0.6) is 5.75 Å². The average molecular weight is 354 g/mol. The standard InChI is InChI=1S/C23H18N2O2/c26-23(19-11-12-22-18(14-19)8-5-13-24-22)25-20-9-4-10-21(15-20)27-16-17-6-2-1-3-7-17/h1-15H,16H2,(H,25,26). The van der Waals surface area contributed by atoms with Gasteiger partial charge in [-0.25, -0.2) is 0 Å². The minimum atomic E-state index is -0.166. The lowest BCUT2D eigenvalue weighted by Gasteiger charge is -2.10. The van der Waals surface area contributed by atoms with Gasteiger partial charge in [-0.3, -0.25) is 9.78 Å². The number of hydrogen-bond acceptors (Lipinski definition) is 3. The first kappa shape index (κ1) is 16.8. The van der Waals surface area contributed by atoms with Gasteiger partial charge < -0.3 is 10.1 Å². The molecule has 1 amide bonds. The number of carbonyl (C=O) groups excluding carboxylic acids is 1. The van der Waals surface area contributed by atoms with Crippen molar-refractivity contribution in [3.8, 4) is 5.75 Å². The van der Waals surface area contributed by atoms with Crippen LogP contribution in [0.1, 0.15) is 15.9 Å². The first-order valence-electron chi connectivity index (χ1n) is 8.71. The molecule has 27 heavy (non-hydrogen) atoms. The molecule has 0 saturated carbocycles. The van der Waals surface area contributed by atoms with Crippen LogP contribution >= 0.6 is 0 Å². The van der Waals surface area contributed by atoms with Crippen LogP contribution in [0.15, 0.2) is 91.1 Å². The van der Waals surface area contributed by atoms with Crippen LogP contribution in [-0.4, -0.2) is 10.9 Å². The zero-order valence-corrected chi connectivity index (χ0v) is 14.6. The second kappa shape index (κ2) is 7.70. The summed E-state index contributed by atoms with van der Waals surface area (Å²) in [5, 5.41) is 3.86. The molecule has 132 valence electrons. The Morgan fingerprint density at radius 3 is 2.67 bits per heavy atom. The number of anilines is 1. The summed E-state index contributed by atoms with van der Waals surface area (Å²) in [5.74, 6) is 0.542. The molecule has 0 atom stereocenters. The van der Waals surface area contributed by atoms with E-state index in [0.717, 1.165) is 16.5 Å². The maximum atomic E-state index is 12.6. The van der Waals surface area contributed by atoms with E-state index in [-0.39, 0.29) is 5.91 Å². The Morgan fingerprint density at radius 2 is 1.78 bits per heavy atom. The molecule has 0 aliphatic carbocycles. The smallest absolute Gasteiger partial charge is 0.255 e. The number of pyridine rings is 1. The van der Waals surface area contributed by atoms with E-state index in [2.05, 4.69) is 10.3 Å². The molecule has 0 fully saturated rings. The Morgan fingerprint density at radius 1 is 0.889 bits per heavy atom. The van der Waals surface area contributed by atoms with Crippen molar-refractivity contribution in [1.29, 1.82) is 0 Å². The highest BCUT2D eigenvalue weighted by Crippen LogP contribution is 2.20. The number of carbonyl (C=O) groups is 1. The minimum absolute atomic E-state index is 0.166. The van der Waals surface area contributed by atoms with Crippen molar-refractivity contribution in [2.45, 2.75) is 6.61 Å². The molecule has 1 aromatic heterocycles. The van der Waals surface area contributed by atoms with Crippen LogP contribution in [-0.2, 0) is 6.61 Å². The fourth-order valence-electron chi connectivity index (χ4n) is 2.82. The van der Waals surface area contributed by atoms with Crippen molar-refractivity contribution in [1.82, 2.24) is 4.98 Å². The number of aromatic nitrogens is 1. The fourth-order valence-corrected chi connectivity index (χ4v) is 2.82. The Labute approximate surface area is 157 Å². The van der Waals surface area contributed by atoms with Crippen LogP contribution in [0.4, 0.5) is 5.69 Å². The summed E-state index contributed by atoms with van der Waals surface area (Å²) in [6, 6.07) is 26.6. The Kier molecular flexibility index (Phi) is 4.79. The summed E-state index contributed by atoms with van der Waals surface area (Å²) in [4.78, 5) is 16.9. The molecule has 0 aliphatic heterocycles. The Bertz CT molecular complexity index is 1080. The van der Waals surface area contributed by atoms with Gasteiger partial charge in [0.25, 0.3) is 5.91 Å². The summed E-state index contributed by atoms with van der Waals surface area (Å²) in [5.41, 5.74) is 3.24. The molecule has 0 unspecified atom stereocenters. The van der Waals surface area contributed by atoms with E-state index in [1.54, 1.807) is 12.3 Å². The number of ether oxygens (including phenoxy) is 1. The first-order chi connectivity index (χ1) is 13.3. The van der Waals surface area contributed by atoms with E-state index >= 15 is 0 Å². The maximum Gasteiger partial charge on any atom is 0.255 e. The zero-order chi connectivity index (χ0) is 18.5. The SMILES string of the molecule is O=C(Nc1cccc(OCc2ccccc2)c1)c1ccc2ncccc2c1. The van der Waals surface area contributed by atoms with Crippen LogP contribution in [0.25, 0.3) is 10.9 Å².